The number of rotatable bonds is 3. The van der Waals surface area contributed by atoms with Crippen LogP contribution in [0.5, 0.6) is 0 Å². The predicted octanol–water partition coefficient (Wildman–Crippen LogP) is 16.4. The van der Waals surface area contributed by atoms with Crippen LogP contribution in [0.2, 0.25) is 0 Å². The van der Waals surface area contributed by atoms with E-state index in [9.17, 15) is 4.11 Å². The van der Waals surface area contributed by atoms with Crippen LogP contribution in [0, 0.1) is 0 Å². The normalized spacial score (nSPS) is 14.6. The third-order valence-electron chi connectivity index (χ3n) is 15.0. The van der Waals surface area contributed by atoms with Crippen LogP contribution in [0.1, 0.15) is 109 Å². The predicted molar refractivity (Wildman–Crippen MR) is 302 cm³/mol. The SMILES string of the molecule is [2H]c1c([2H])c2c3c(c1[2H])N(c1ccc(C(C)(C)C)cc1)c1c(n(-c4ccc(C(C)(C)C)cc4)c4ccc5c6ccc7ccccc7c6sc5c14)B3c1cc(C(C)(C)C)ccc1N2c1ccc(C(C)(C)C)cc1. The van der Waals surface area contributed by atoms with Crippen molar-refractivity contribution in [2.24, 2.45) is 0 Å². The van der Waals surface area contributed by atoms with Gasteiger partial charge in [0.25, 0.3) is 6.71 Å². The minimum atomic E-state index is -0.425. The van der Waals surface area contributed by atoms with Gasteiger partial charge in [-0.05, 0) is 126 Å². The molecule has 2 aliphatic heterocycles. The van der Waals surface area contributed by atoms with Gasteiger partial charge in [-0.15, -0.1) is 11.3 Å². The topological polar surface area (TPSA) is 11.4 Å². The van der Waals surface area contributed by atoms with Crippen molar-refractivity contribution in [2.75, 3.05) is 9.80 Å². The average Bonchev–Trinajstić information content (AvgIpc) is 3.90. The maximum atomic E-state index is 10.3. The van der Waals surface area contributed by atoms with Gasteiger partial charge in [0.05, 0.1) is 15.3 Å². The second-order valence-electron chi connectivity index (χ2n) is 23.7. The van der Waals surface area contributed by atoms with Crippen molar-refractivity contribution in [1.29, 1.82) is 0 Å². The summed E-state index contributed by atoms with van der Waals surface area (Å²) >= 11 is 1.86. The van der Waals surface area contributed by atoms with Crippen LogP contribution in [0.25, 0.3) is 47.5 Å². The number of fused-ring (bicyclic) bond motifs is 12. The number of anilines is 6. The van der Waals surface area contributed by atoms with Gasteiger partial charge in [-0.2, -0.15) is 0 Å². The molecule has 0 atom stereocenters. The first-order valence-electron chi connectivity index (χ1n) is 26.1. The molecule has 4 heterocycles. The fourth-order valence-electron chi connectivity index (χ4n) is 11.1. The zero-order valence-corrected chi connectivity index (χ0v) is 42.9. The van der Waals surface area contributed by atoms with Crippen LogP contribution in [0.15, 0.2) is 158 Å². The van der Waals surface area contributed by atoms with E-state index in [0.717, 1.165) is 55.9 Å². The number of hydrogen-bond acceptors (Lipinski definition) is 3. The van der Waals surface area contributed by atoms with Crippen LogP contribution >= 0.6 is 11.3 Å². The quantitative estimate of drug-likeness (QED) is 0.164. The second-order valence-corrected chi connectivity index (χ2v) is 24.7. The Balaban J connectivity index is 1.30. The van der Waals surface area contributed by atoms with Crippen molar-refractivity contribution in [3.05, 3.63) is 180 Å². The molecular weight excluding hydrogens is 854 g/mol. The van der Waals surface area contributed by atoms with Gasteiger partial charge in [0.2, 0.25) is 0 Å². The van der Waals surface area contributed by atoms with Gasteiger partial charge in [-0.1, -0.05) is 180 Å². The van der Waals surface area contributed by atoms with Gasteiger partial charge in [0.1, 0.15) is 0 Å². The molecule has 0 N–H and O–H groups in total. The van der Waals surface area contributed by atoms with Gasteiger partial charge in [0.15, 0.2) is 0 Å². The van der Waals surface area contributed by atoms with Crippen molar-refractivity contribution in [3.63, 3.8) is 0 Å². The second kappa shape index (κ2) is 15.0. The van der Waals surface area contributed by atoms with Gasteiger partial charge in [-0.3, -0.25) is 0 Å². The first-order valence-corrected chi connectivity index (χ1v) is 25.5. The summed E-state index contributed by atoms with van der Waals surface area (Å²) in [6.45, 7) is 26.7. The highest BCUT2D eigenvalue weighted by molar-refractivity contribution is 7.27. The Morgan fingerprint density at radius 2 is 0.971 bits per heavy atom. The van der Waals surface area contributed by atoms with Gasteiger partial charge >= 0.3 is 0 Å². The third-order valence-corrected chi connectivity index (χ3v) is 16.3. The molecule has 0 amide bonds. The van der Waals surface area contributed by atoms with Crippen molar-refractivity contribution in [2.45, 2.75) is 105 Å². The Bertz CT molecular complexity index is 3880. The number of benzene rings is 8. The fraction of sp³-hybridized carbons (Fsp3) is 0.250. The van der Waals surface area contributed by atoms with Crippen molar-refractivity contribution >= 4 is 111 Å². The maximum absolute atomic E-state index is 10.3. The maximum Gasteiger partial charge on any atom is 0.273 e. The standard InChI is InChI=1S/C64H62BN3S/c1-61(2,3)40-21-28-44(29-22-40)66-51-36-27-43(64(10,11)12)38-50(51)65-56-53(66)18-15-19-54(56)67(45-30-23-41(24-31-45)62(4,5)6)57-55-52(68(60(57)65)46-32-25-42(26-33-46)63(7,8)9)37-35-49-48-34-20-39-16-13-14-17-47(39)58(48)69-59(49)55/h13-38H,1-12H3/i15D,18D,19D. The lowest BCUT2D eigenvalue weighted by Gasteiger charge is -2.44. The summed E-state index contributed by atoms with van der Waals surface area (Å²) in [7, 11) is 0. The van der Waals surface area contributed by atoms with Gasteiger partial charge in [-0.25, -0.2) is 0 Å². The molecule has 8 aromatic carbocycles. The summed E-state index contributed by atoms with van der Waals surface area (Å²) in [5.41, 5.74) is 14.9. The Morgan fingerprint density at radius 1 is 0.464 bits per heavy atom. The lowest BCUT2D eigenvalue weighted by Crippen LogP contribution is -2.63. The van der Waals surface area contributed by atoms with E-state index in [1.54, 1.807) is 0 Å². The summed E-state index contributed by atoms with van der Waals surface area (Å²) in [6.07, 6.45) is 0. The zero-order chi connectivity index (χ0) is 50.7. The number of nitrogens with zero attached hydrogens (tertiary/aromatic N) is 3. The van der Waals surface area contributed by atoms with Gasteiger partial charge in [0, 0.05) is 65.3 Å². The molecule has 2 aromatic heterocycles. The van der Waals surface area contributed by atoms with E-state index < -0.39 is 6.71 Å². The van der Waals surface area contributed by atoms with Crippen LogP contribution in [0.4, 0.5) is 34.1 Å². The molecular formula is C64H62BN3S. The molecule has 0 fully saturated rings. The minimum absolute atomic E-state index is 0.0458. The van der Waals surface area contributed by atoms with Crippen molar-refractivity contribution in [1.82, 2.24) is 4.57 Å². The monoisotopic (exact) mass is 918 g/mol. The molecule has 69 heavy (non-hydrogen) atoms. The Morgan fingerprint density at radius 3 is 1.57 bits per heavy atom. The number of thiophene rings is 1. The van der Waals surface area contributed by atoms with Crippen LogP contribution in [-0.4, -0.2) is 11.3 Å². The first kappa shape index (κ1) is 40.3. The average molecular weight is 919 g/mol. The third kappa shape index (κ3) is 6.74. The highest BCUT2D eigenvalue weighted by Crippen LogP contribution is 2.51. The van der Waals surface area contributed by atoms with E-state index in [-0.39, 0.29) is 39.8 Å². The van der Waals surface area contributed by atoms with E-state index in [1.807, 2.05) is 11.3 Å². The molecule has 0 aliphatic carbocycles. The molecule has 0 spiro atoms. The lowest BCUT2D eigenvalue weighted by molar-refractivity contribution is 0.590. The number of hydrogen-bond donors (Lipinski definition) is 0. The Hall–Kier alpha value is -6.56. The lowest BCUT2D eigenvalue weighted by atomic mass is 9.34. The molecule has 2 aliphatic rings. The molecule has 3 nitrogen and oxygen atoms in total. The molecule has 0 saturated heterocycles. The van der Waals surface area contributed by atoms with E-state index in [2.05, 4.69) is 237 Å². The van der Waals surface area contributed by atoms with Crippen LogP contribution < -0.4 is 26.3 Å². The van der Waals surface area contributed by atoms with Crippen LogP contribution in [-0.2, 0) is 21.7 Å². The summed E-state index contributed by atoms with van der Waals surface area (Å²) in [5, 5.41) is 6.00. The van der Waals surface area contributed by atoms with Gasteiger partial charge < -0.3 is 14.4 Å². The molecule has 10 aromatic rings. The molecule has 5 heteroatoms. The van der Waals surface area contributed by atoms with Crippen molar-refractivity contribution < 1.29 is 4.11 Å². The molecule has 0 unspecified atom stereocenters. The van der Waals surface area contributed by atoms with E-state index in [4.69, 9.17) is 0 Å². The van der Waals surface area contributed by atoms with E-state index in [0.29, 0.717) is 11.4 Å². The molecule has 342 valence electrons. The Kier molecular flexibility index (Phi) is 8.75. The summed E-state index contributed by atoms with van der Waals surface area (Å²) < 4.78 is 35.2. The van der Waals surface area contributed by atoms with Crippen molar-refractivity contribution in [3.8, 4) is 5.69 Å². The molecule has 0 saturated carbocycles. The molecule has 0 radical (unpaired) electrons. The Labute approximate surface area is 417 Å². The molecule has 12 rings (SSSR count). The zero-order valence-electron chi connectivity index (χ0n) is 45.1. The first-order chi connectivity index (χ1) is 34.0. The fourth-order valence-corrected chi connectivity index (χ4v) is 12.5. The summed E-state index contributed by atoms with van der Waals surface area (Å²) in [5.74, 6) is 0. The molecule has 0 bridgehead atoms. The van der Waals surface area contributed by atoms with E-state index in [1.165, 1.54) is 53.2 Å². The summed E-state index contributed by atoms with van der Waals surface area (Å²) in [6, 6.07) is 51.7. The summed E-state index contributed by atoms with van der Waals surface area (Å²) in [4.78, 5) is 4.55. The smallest absolute Gasteiger partial charge is 0.273 e. The minimum Gasteiger partial charge on any atom is -0.319 e. The highest BCUT2D eigenvalue weighted by atomic mass is 32.1. The largest absolute Gasteiger partial charge is 0.319 e. The number of aromatic nitrogens is 1. The van der Waals surface area contributed by atoms with Crippen LogP contribution in [0.3, 0.4) is 0 Å². The van der Waals surface area contributed by atoms with E-state index >= 15 is 0 Å². The highest BCUT2D eigenvalue weighted by Gasteiger charge is 2.47.